The summed E-state index contributed by atoms with van der Waals surface area (Å²) in [5.41, 5.74) is 0.702. The van der Waals surface area contributed by atoms with E-state index in [1.807, 2.05) is 12.1 Å². The lowest BCUT2D eigenvalue weighted by molar-refractivity contribution is 0.0218. The number of piperidine rings is 1. The van der Waals surface area contributed by atoms with Crippen molar-refractivity contribution in [2.45, 2.75) is 19.4 Å². The normalized spacial score (nSPS) is 21.7. The van der Waals surface area contributed by atoms with E-state index in [2.05, 4.69) is 24.9 Å². The smallest absolute Gasteiger partial charge is 0.241 e. The number of ether oxygens (including phenoxy) is 1. The van der Waals surface area contributed by atoms with Crippen molar-refractivity contribution in [1.29, 1.82) is 0 Å². The van der Waals surface area contributed by atoms with Gasteiger partial charge in [-0.1, -0.05) is 16.8 Å². The number of hydrogen-bond acceptors (Lipinski definition) is 7. The monoisotopic (exact) mass is 413 g/mol. The maximum Gasteiger partial charge on any atom is 0.241 e. The van der Waals surface area contributed by atoms with Gasteiger partial charge in [-0.25, -0.2) is 4.98 Å². The molecule has 0 saturated carbocycles. The highest BCUT2D eigenvalue weighted by Crippen LogP contribution is 2.24. The van der Waals surface area contributed by atoms with E-state index in [1.54, 1.807) is 6.20 Å². The Morgan fingerprint density at radius 3 is 2.85 bits per heavy atom. The van der Waals surface area contributed by atoms with Crippen LogP contribution in [0.4, 0.5) is 0 Å². The van der Waals surface area contributed by atoms with Gasteiger partial charge in [-0.2, -0.15) is 4.98 Å². The zero-order valence-corrected chi connectivity index (χ0v) is 16.8. The molecule has 2 aliphatic heterocycles. The minimum Gasteiger partial charge on any atom is -0.379 e. The first-order valence-electron chi connectivity index (χ1n) is 9.24. The van der Waals surface area contributed by atoms with Gasteiger partial charge in [0.2, 0.25) is 11.7 Å². The third kappa shape index (κ3) is 5.39. The van der Waals surface area contributed by atoms with Gasteiger partial charge in [-0.05, 0) is 37.4 Å². The molecule has 0 aliphatic carbocycles. The largest absolute Gasteiger partial charge is 0.379 e. The van der Waals surface area contributed by atoms with Gasteiger partial charge in [0.15, 0.2) is 0 Å². The van der Waals surface area contributed by atoms with Crippen LogP contribution < -0.4 is 0 Å². The van der Waals surface area contributed by atoms with Crippen molar-refractivity contribution in [3.63, 3.8) is 0 Å². The molecular weight excluding hydrogens is 389 g/mol. The Labute approximate surface area is 170 Å². The van der Waals surface area contributed by atoms with Gasteiger partial charge in [-0.3, -0.25) is 9.80 Å². The minimum absolute atomic E-state index is 0. The van der Waals surface area contributed by atoms with Crippen molar-refractivity contribution >= 4 is 24.0 Å². The van der Waals surface area contributed by atoms with Crippen molar-refractivity contribution in [2.75, 3.05) is 45.9 Å². The Bertz CT molecular complexity index is 723. The lowest BCUT2D eigenvalue weighted by Gasteiger charge is -2.36. The molecular formula is C18H25Cl2N5O2. The highest BCUT2D eigenvalue weighted by atomic mass is 35.5. The van der Waals surface area contributed by atoms with E-state index >= 15 is 0 Å². The zero-order valence-electron chi connectivity index (χ0n) is 15.2. The van der Waals surface area contributed by atoms with Crippen LogP contribution >= 0.6 is 24.0 Å². The van der Waals surface area contributed by atoms with Crippen molar-refractivity contribution in [1.82, 2.24) is 24.9 Å². The molecule has 2 aromatic heterocycles. The number of halogens is 2. The van der Waals surface area contributed by atoms with Crippen LogP contribution in [-0.4, -0.2) is 70.9 Å². The number of nitrogens with zero attached hydrogens (tertiary/aromatic N) is 5. The number of aromatic nitrogens is 3. The van der Waals surface area contributed by atoms with E-state index in [9.17, 15) is 0 Å². The quantitative estimate of drug-likeness (QED) is 0.697. The van der Waals surface area contributed by atoms with Crippen LogP contribution in [-0.2, 0) is 11.3 Å². The number of rotatable bonds is 5. The van der Waals surface area contributed by atoms with E-state index in [0.717, 1.165) is 45.9 Å². The van der Waals surface area contributed by atoms with Crippen molar-refractivity contribution in [2.24, 2.45) is 5.92 Å². The predicted octanol–water partition coefficient (Wildman–Crippen LogP) is 2.75. The molecule has 0 radical (unpaired) electrons. The second-order valence-corrected chi connectivity index (χ2v) is 7.37. The Kier molecular flexibility index (Phi) is 7.43. The number of hydrogen-bond donors (Lipinski definition) is 0. The molecule has 0 aromatic carbocycles. The predicted molar refractivity (Wildman–Crippen MR) is 105 cm³/mol. The molecule has 2 saturated heterocycles. The fourth-order valence-electron chi connectivity index (χ4n) is 3.77. The second-order valence-electron chi connectivity index (χ2n) is 7.01. The van der Waals surface area contributed by atoms with E-state index in [4.69, 9.17) is 20.9 Å². The van der Waals surface area contributed by atoms with Crippen LogP contribution in [0.5, 0.6) is 0 Å². The van der Waals surface area contributed by atoms with Gasteiger partial charge < -0.3 is 9.26 Å². The van der Waals surface area contributed by atoms with Gasteiger partial charge in [0.05, 0.1) is 25.3 Å². The molecule has 1 atom stereocenters. The highest BCUT2D eigenvalue weighted by molar-refractivity contribution is 6.31. The van der Waals surface area contributed by atoms with Crippen LogP contribution in [0.25, 0.3) is 11.4 Å². The van der Waals surface area contributed by atoms with Crippen molar-refractivity contribution in [3.8, 4) is 11.4 Å². The lowest BCUT2D eigenvalue weighted by Crippen LogP contribution is -2.44. The maximum absolute atomic E-state index is 6.11. The molecule has 0 amide bonds. The third-order valence-electron chi connectivity index (χ3n) is 5.05. The first-order valence-corrected chi connectivity index (χ1v) is 9.61. The van der Waals surface area contributed by atoms with E-state index in [1.165, 1.54) is 12.8 Å². The maximum atomic E-state index is 6.11. The van der Waals surface area contributed by atoms with E-state index < -0.39 is 0 Å². The van der Waals surface area contributed by atoms with Gasteiger partial charge >= 0.3 is 0 Å². The van der Waals surface area contributed by atoms with Crippen molar-refractivity contribution < 1.29 is 9.26 Å². The molecule has 0 N–H and O–H groups in total. The number of likely N-dealkylation sites (tertiary alicyclic amines) is 1. The molecule has 2 aromatic rings. The lowest BCUT2D eigenvalue weighted by atomic mass is 9.97. The Morgan fingerprint density at radius 1 is 1.19 bits per heavy atom. The molecule has 2 aliphatic rings. The SMILES string of the molecule is Cl.Clc1ncccc1-c1noc(CN2CCCC(CN3CCOCC3)C2)n1. The summed E-state index contributed by atoms with van der Waals surface area (Å²) >= 11 is 6.11. The molecule has 27 heavy (non-hydrogen) atoms. The van der Waals surface area contributed by atoms with Crippen LogP contribution in [0, 0.1) is 5.92 Å². The average Bonchev–Trinajstić information content (AvgIpc) is 3.11. The molecule has 7 nitrogen and oxygen atoms in total. The summed E-state index contributed by atoms with van der Waals surface area (Å²) in [6, 6.07) is 3.67. The number of morpholine rings is 1. The minimum atomic E-state index is 0. The number of pyridine rings is 1. The summed E-state index contributed by atoms with van der Waals surface area (Å²) in [6.45, 7) is 7.80. The van der Waals surface area contributed by atoms with Gasteiger partial charge in [0, 0.05) is 32.4 Å². The molecule has 9 heteroatoms. The molecule has 0 bridgehead atoms. The Hall–Kier alpha value is -1.25. The molecule has 1 unspecified atom stereocenters. The van der Waals surface area contributed by atoms with Crippen LogP contribution in [0.1, 0.15) is 18.7 Å². The summed E-state index contributed by atoms with van der Waals surface area (Å²) in [4.78, 5) is 13.5. The molecule has 148 valence electrons. The summed E-state index contributed by atoms with van der Waals surface area (Å²) in [5, 5.41) is 4.46. The fraction of sp³-hybridized carbons (Fsp3) is 0.611. The van der Waals surface area contributed by atoms with Gasteiger partial charge in [-0.15, -0.1) is 12.4 Å². The molecule has 2 fully saturated rings. The summed E-state index contributed by atoms with van der Waals surface area (Å²) in [7, 11) is 0. The summed E-state index contributed by atoms with van der Waals surface area (Å²) < 4.78 is 10.9. The van der Waals surface area contributed by atoms with E-state index in [-0.39, 0.29) is 12.4 Å². The first-order chi connectivity index (χ1) is 12.8. The van der Waals surface area contributed by atoms with Gasteiger partial charge in [0.25, 0.3) is 0 Å². The average molecular weight is 414 g/mol. The zero-order chi connectivity index (χ0) is 17.8. The summed E-state index contributed by atoms with van der Waals surface area (Å²) in [6.07, 6.45) is 4.15. The second kappa shape index (κ2) is 9.80. The molecule has 4 rings (SSSR count). The Balaban J connectivity index is 0.00000210. The third-order valence-corrected chi connectivity index (χ3v) is 5.35. The van der Waals surface area contributed by atoms with Crippen molar-refractivity contribution in [3.05, 3.63) is 29.4 Å². The molecule has 0 spiro atoms. The van der Waals surface area contributed by atoms with Crippen LogP contribution in [0.15, 0.2) is 22.9 Å². The highest BCUT2D eigenvalue weighted by Gasteiger charge is 2.24. The van der Waals surface area contributed by atoms with Crippen LogP contribution in [0.3, 0.4) is 0 Å². The molecule has 4 heterocycles. The Morgan fingerprint density at radius 2 is 2.04 bits per heavy atom. The summed E-state index contributed by atoms with van der Waals surface area (Å²) in [5.74, 6) is 1.82. The van der Waals surface area contributed by atoms with Gasteiger partial charge in [0.1, 0.15) is 5.15 Å². The topological polar surface area (TPSA) is 67.5 Å². The van der Waals surface area contributed by atoms with E-state index in [0.29, 0.717) is 34.9 Å². The standard InChI is InChI=1S/C18H24ClN5O2.ClH/c19-17-15(4-1-5-20-17)18-21-16(26-22-18)13-24-6-2-3-14(12-24)11-23-7-9-25-10-8-23;/h1,4-5,14H,2-3,6-13H2;1H. The fourth-order valence-corrected chi connectivity index (χ4v) is 3.97. The first kappa shape index (κ1) is 20.5. The van der Waals surface area contributed by atoms with Crippen LogP contribution in [0.2, 0.25) is 5.15 Å².